The Labute approximate surface area is 79.3 Å². The fourth-order valence-corrected chi connectivity index (χ4v) is 1.63. The molecule has 2 N–H and O–H groups in total. The molecular weight excluding hydrogens is 164 g/mol. The van der Waals surface area contributed by atoms with Crippen LogP contribution in [0.5, 0.6) is 0 Å². The SMILES string of the molecule is O=C(NCCCC1CC1)C1CNC1. The number of amides is 1. The average molecular weight is 182 g/mol. The molecule has 3 nitrogen and oxygen atoms in total. The second-order valence-electron chi connectivity index (χ2n) is 4.23. The van der Waals surface area contributed by atoms with Crippen LogP contribution in [0.15, 0.2) is 0 Å². The minimum Gasteiger partial charge on any atom is -0.356 e. The number of hydrogen-bond acceptors (Lipinski definition) is 2. The highest BCUT2D eigenvalue weighted by Gasteiger charge is 2.24. The monoisotopic (exact) mass is 182 g/mol. The Bertz CT molecular complexity index is 185. The summed E-state index contributed by atoms with van der Waals surface area (Å²) in [6.07, 6.45) is 5.31. The standard InChI is InChI=1S/C10H18N2O/c13-10(9-6-11-7-9)12-5-1-2-8-3-4-8/h8-9,11H,1-7H2,(H,12,13). The molecule has 0 bridgehead atoms. The first-order valence-corrected chi connectivity index (χ1v) is 5.34. The van der Waals surface area contributed by atoms with Crippen molar-refractivity contribution in [3.63, 3.8) is 0 Å². The van der Waals surface area contributed by atoms with Gasteiger partial charge in [0.1, 0.15) is 0 Å². The highest BCUT2D eigenvalue weighted by Crippen LogP contribution is 2.33. The molecule has 0 radical (unpaired) electrons. The van der Waals surface area contributed by atoms with Crippen molar-refractivity contribution in [2.24, 2.45) is 11.8 Å². The Hall–Kier alpha value is -0.570. The summed E-state index contributed by atoms with van der Waals surface area (Å²) in [6, 6.07) is 0. The maximum absolute atomic E-state index is 11.3. The molecule has 0 unspecified atom stereocenters. The molecular formula is C10H18N2O. The van der Waals surface area contributed by atoms with Gasteiger partial charge in [0, 0.05) is 19.6 Å². The highest BCUT2D eigenvalue weighted by molar-refractivity contribution is 5.79. The number of rotatable bonds is 5. The quantitative estimate of drug-likeness (QED) is 0.608. The third-order valence-electron chi connectivity index (χ3n) is 2.94. The van der Waals surface area contributed by atoms with Crippen molar-refractivity contribution >= 4 is 5.91 Å². The second-order valence-corrected chi connectivity index (χ2v) is 4.23. The molecule has 2 aliphatic rings. The van der Waals surface area contributed by atoms with Gasteiger partial charge in [-0.2, -0.15) is 0 Å². The van der Waals surface area contributed by atoms with Gasteiger partial charge in [0.05, 0.1) is 5.92 Å². The first kappa shape index (κ1) is 9.00. The van der Waals surface area contributed by atoms with E-state index in [0.29, 0.717) is 0 Å². The zero-order chi connectivity index (χ0) is 9.10. The molecule has 2 fully saturated rings. The summed E-state index contributed by atoms with van der Waals surface area (Å²) in [5.74, 6) is 1.48. The van der Waals surface area contributed by atoms with Crippen LogP contribution in [-0.4, -0.2) is 25.5 Å². The zero-order valence-electron chi connectivity index (χ0n) is 8.01. The molecule has 0 spiro atoms. The van der Waals surface area contributed by atoms with E-state index in [9.17, 15) is 4.79 Å². The molecule has 3 heteroatoms. The van der Waals surface area contributed by atoms with Crippen LogP contribution in [0.25, 0.3) is 0 Å². The fourth-order valence-electron chi connectivity index (χ4n) is 1.63. The molecule has 1 saturated heterocycles. The van der Waals surface area contributed by atoms with E-state index in [4.69, 9.17) is 0 Å². The van der Waals surface area contributed by atoms with Crippen LogP contribution in [-0.2, 0) is 4.79 Å². The van der Waals surface area contributed by atoms with Crippen LogP contribution >= 0.6 is 0 Å². The van der Waals surface area contributed by atoms with Crippen LogP contribution in [0.4, 0.5) is 0 Å². The van der Waals surface area contributed by atoms with Crippen LogP contribution in [0.1, 0.15) is 25.7 Å². The van der Waals surface area contributed by atoms with Gasteiger partial charge in [-0.15, -0.1) is 0 Å². The fraction of sp³-hybridized carbons (Fsp3) is 0.900. The van der Waals surface area contributed by atoms with E-state index < -0.39 is 0 Å². The first-order chi connectivity index (χ1) is 6.36. The molecule has 0 aromatic carbocycles. The highest BCUT2D eigenvalue weighted by atomic mass is 16.2. The molecule has 1 heterocycles. The normalized spacial score (nSPS) is 22.5. The van der Waals surface area contributed by atoms with Crippen molar-refractivity contribution in [1.29, 1.82) is 0 Å². The summed E-state index contributed by atoms with van der Waals surface area (Å²) < 4.78 is 0. The van der Waals surface area contributed by atoms with Crippen LogP contribution in [0.2, 0.25) is 0 Å². The maximum atomic E-state index is 11.3. The molecule has 1 amide bonds. The Balaban J connectivity index is 1.48. The van der Waals surface area contributed by atoms with Crippen molar-refractivity contribution in [2.45, 2.75) is 25.7 Å². The third kappa shape index (κ3) is 2.69. The average Bonchev–Trinajstić information content (AvgIpc) is 2.77. The number of carbonyl (C=O) groups is 1. The van der Waals surface area contributed by atoms with Gasteiger partial charge in [-0.1, -0.05) is 12.8 Å². The second kappa shape index (κ2) is 4.09. The summed E-state index contributed by atoms with van der Waals surface area (Å²) >= 11 is 0. The lowest BCUT2D eigenvalue weighted by Crippen LogP contribution is -2.50. The number of hydrogen-bond donors (Lipinski definition) is 2. The Morgan fingerprint density at radius 2 is 2.15 bits per heavy atom. The minimum atomic E-state index is 0.245. The third-order valence-corrected chi connectivity index (χ3v) is 2.94. The van der Waals surface area contributed by atoms with Gasteiger partial charge < -0.3 is 10.6 Å². The van der Waals surface area contributed by atoms with E-state index in [1.807, 2.05) is 0 Å². The Morgan fingerprint density at radius 1 is 1.38 bits per heavy atom. The van der Waals surface area contributed by atoms with Gasteiger partial charge in [0.15, 0.2) is 0 Å². The van der Waals surface area contributed by atoms with Gasteiger partial charge in [0.25, 0.3) is 0 Å². The number of carbonyl (C=O) groups excluding carboxylic acids is 1. The summed E-state index contributed by atoms with van der Waals surface area (Å²) in [7, 11) is 0. The molecule has 2 rings (SSSR count). The van der Waals surface area contributed by atoms with Gasteiger partial charge in [-0.05, 0) is 18.8 Å². The van der Waals surface area contributed by atoms with E-state index in [2.05, 4.69) is 10.6 Å². The van der Waals surface area contributed by atoms with Crippen LogP contribution in [0.3, 0.4) is 0 Å². The lowest BCUT2D eigenvalue weighted by molar-refractivity contribution is -0.126. The van der Waals surface area contributed by atoms with Crippen molar-refractivity contribution < 1.29 is 4.79 Å². The molecule has 0 atom stereocenters. The Kier molecular flexibility index (Phi) is 2.83. The minimum absolute atomic E-state index is 0.245. The Morgan fingerprint density at radius 3 is 2.69 bits per heavy atom. The van der Waals surface area contributed by atoms with Crippen molar-refractivity contribution in [1.82, 2.24) is 10.6 Å². The van der Waals surface area contributed by atoms with Gasteiger partial charge >= 0.3 is 0 Å². The molecule has 1 aliphatic carbocycles. The largest absolute Gasteiger partial charge is 0.356 e. The maximum Gasteiger partial charge on any atom is 0.225 e. The summed E-state index contributed by atoms with van der Waals surface area (Å²) in [4.78, 5) is 11.3. The van der Waals surface area contributed by atoms with E-state index in [0.717, 1.165) is 32.0 Å². The number of nitrogens with one attached hydrogen (secondary N) is 2. The summed E-state index contributed by atoms with van der Waals surface area (Å²) in [5, 5.41) is 6.09. The molecule has 1 saturated carbocycles. The molecule has 0 aromatic rings. The van der Waals surface area contributed by atoms with E-state index in [-0.39, 0.29) is 11.8 Å². The first-order valence-electron chi connectivity index (χ1n) is 5.34. The predicted octanol–water partition coefficient (Wildman–Crippen LogP) is 0.512. The van der Waals surface area contributed by atoms with Crippen LogP contribution < -0.4 is 10.6 Å². The van der Waals surface area contributed by atoms with Crippen molar-refractivity contribution in [2.75, 3.05) is 19.6 Å². The lowest BCUT2D eigenvalue weighted by Gasteiger charge is -2.25. The zero-order valence-corrected chi connectivity index (χ0v) is 8.01. The summed E-state index contributed by atoms with van der Waals surface area (Å²) in [5.41, 5.74) is 0. The van der Waals surface area contributed by atoms with Gasteiger partial charge in [-0.3, -0.25) is 4.79 Å². The lowest BCUT2D eigenvalue weighted by atomic mass is 10.0. The molecule has 74 valence electrons. The van der Waals surface area contributed by atoms with E-state index in [1.165, 1.54) is 19.3 Å². The molecule has 1 aliphatic heterocycles. The van der Waals surface area contributed by atoms with Crippen molar-refractivity contribution in [3.05, 3.63) is 0 Å². The summed E-state index contributed by atoms with van der Waals surface area (Å²) in [6.45, 7) is 2.62. The van der Waals surface area contributed by atoms with Gasteiger partial charge in [0.2, 0.25) is 5.91 Å². The van der Waals surface area contributed by atoms with E-state index >= 15 is 0 Å². The predicted molar refractivity (Wildman–Crippen MR) is 51.3 cm³/mol. The topological polar surface area (TPSA) is 41.1 Å². The molecule has 0 aromatic heterocycles. The van der Waals surface area contributed by atoms with Crippen molar-refractivity contribution in [3.8, 4) is 0 Å². The van der Waals surface area contributed by atoms with Gasteiger partial charge in [-0.25, -0.2) is 0 Å². The van der Waals surface area contributed by atoms with Crippen LogP contribution in [0, 0.1) is 11.8 Å². The van der Waals surface area contributed by atoms with E-state index in [1.54, 1.807) is 0 Å². The molecule has 13 heavy (non-hydrogen) atoms. The smallest absolute Gasteiger partial charge is 0.225 e.